The summed E-state index contributed by atoms with van der Waals surface area (Å²) in [6.45, 7) is 3.75. The highest BCUT2D eigenvalue weighted by Gasteiger charge is 2.47. The Hall–Kier alpha value is -4.26. The van der Waals surface area contributed by atoms with E-state index in [9.17, 15) is 23.9 Å². The Bertz CT molecular complexity index is 1310. The van der Waals surface area contributed by atoms with Gasteiger partial charge in [0.1, 0.15) is 11.6 Å². The van der Waals surface area contributed by atoms with Gasteiger partial charge in [-0.05, 0) is 61.9 Å². The summed E-state index contributed by atoms with van der Waals surface area (Å²) in [5, 5.41) is 11.1. The number of aliphatic hydroxyl groups excluding tert-OH is 1. The lowest BCUT2D eigenvalue weighted by atomic mass is 9.94. The van der Waals surface area contributed by atoms with E-state index in [4.69, 9.17) is 4.74 Å². The molecule has 0 aromatic heterocycles. The summed E-state index contributed by atoms with van der Waals surface area (Å²) >= 11 is 0. The van der Waals surface area contributed by atoms with E-state index in [-0.39, 0.29) is 23.3 Å². The molecule has 4 rings (SSSR count). The van der Waals surface area contributed by atoms with E-state index >= 15 is 0 Å². The standard InChI is InChI=1S/C27H22FNO5/c1-3-34-27(33)19-8-5-9-21(15-19)29-23(18-7-4-6-16(2)14-18)22(25(31)26(29)32)24(30)17-10-12-20(28)13-11-17/h4-15,23,30H,3H2,1-2H3/b24-22+. The molecule has 1 heterocycles. The minimum atomic E-state index is -0.956. The minimum absolute atomic E-state index is 0.122. The van der Waals surface area contributed by atoms with E-state index in [1.165, 1.54) is 23.1 Å². The fraction of sp³-hybridized carbons (Fsp3) is 0.148. The summed E-state index contributed by atoms with van der Waals surface area (Å²) in [6.07, 6.45) is 0. The molecule has 1 aliphatic heterocycles. The first kappa shape index (κ1) is 22.9. The molecular formula is C27H22FNO5. The molecule has 0 saturated carbocycles. The zero-order valence-electron chi connectivity index (χ0n) is 18.6. The van der Waals surface area contributed by atoms with Crippen LogP contribution in [0.4, 0.5) is 10.1 Å². The van der Waals surface area contributed by atoms with Gasteiger partial charge in [-0.2, -0.15) is 0 Å². The van der Waals surface area contributed by atoms with Gasteiger partial charge in [0.2, 0.25) is 0 Å². The van der Waals surface area contributed by atoms with Gasteiger partial charge < -0.3 is 9.84 Å². The van der Waals surface area contributed by atoms with Gasteiger partial charge in [-0.15, -0.1) is 0 Å². The zero-order valence-corrected chi connectivity index (χ0v) is 18.6. The summed E-state index contributed by atoms with van der Waals surface area (Å²) in [7, 11) is 0. The summed E-state index contributed by atoms with van der Waals surface area (Å²) in [5.74, 6) is -3.19. The number of benzene rings is 3. The lowest BCUT2D eigenvalue weighted by molar-refractivity contribution is -0.132. The van der Waals surface area contributed by atoms with Crippen LogP contribution < -0.4 is 4.90 Å². The normalized spacial score (nSPS) is 17.1. The highest BCUT2D eigenvalue weighted by Crippen LogP contribution is 2.42. The van der Waals surface area contributed by atoms with Crippen molar-refractivity contribution in [3.63, 3.8) is 0 Å². The molecule has 6 nitrogen and oxygen atoms in total. The molecule has 172 valence electrons. The number of ether oxygens (including phenoxy) is 1. The number of anilines is 1. The second kappa shape index (κ2) is 9.31. The molecule has 1 N–H and O–H groups in total. The van der Waals surface area contributed by atoms with Crippen molar-refractivity contribution in [1.82, 2.24) is 0 Å². The first-order valence-corrected chi connectivity index (χ1v) is 10.7. The molecular weight excluding hydrogens is 437 g/mol. The molecule has 1 saturated heterocycles. The molecule has 0 spiro atoms. The molecule has 1 atom stereocenters. The summed E-state index contributed by atoms with van der Waals surface area (Å²) in [5.41, 5.74) is 2.11. The molecule has 1 amide bonds. The monoisotopic (exact) mass is 459 g/mol. The zero-order chi connectivity index (χ0) is 24.4. The van der Waals surface area contributed by atoms with Crippen LogP contribution in [0, 0.1) is 12.7 Å². The fourth-order valence-corrected chi connectivity index (χ4v) is 4.01. The molecule has 0 aliphatic carbocycles. The summed E-state index contributed by atoms with van der Waals surface area (Å²) < 4.78 is 18.5. The highest BCUT2D eigenvalue weighted by atomic mass is 19.1. The molecule has 1 fully saturated rings. The Morgan fingerprint density at radius 3 is 2.38 bits per heavy atom. The molecule has 34 heavy (non-hydrogen) atoms. The lowest BCUT2D eigenvalue weighted by Crippen LogP contribution is -2.29. The minimum Gasteiger partial charge on any atom is -0.507 e. The van der Waals surface area contributed by atoms with Crippen LogP contribution in [0.1, 0.15) is 40.0 Å². The Morgan fingerprint density at radius 1 is 1.00 bits per heavy atom. The number of hydrogen-bond acceptors (Lipinski definition) is 5. The maximum atomic E-state index is 13.4. The van der Waals surface area contributed by atoms with Crippen molar-refractivity contribution in [1.29, 1.82) is 0 Å². The predicted molar refractivity (Wildman–Crippen MR) is 125 cm³/mol. The predicted octanol–water partition coefficient (Wildman–Crippen LogP) is 4.94. The Kier molecular flexibility index (Phi) is 6.27. The highest BCUT2D eigenvalue weighted by molar-refractivity contribution is 6.51. The van der Waals surface area contributed by atoms with Crippen molar-refractivity contribution in [3.8, 4) is 0 Å². The molecule has 3 aromatic rings. The lowest BCUT2D eigenvalue weighted by Gasteiger charge is -2.26. The van der Waals surface area contributed by atoms with E-state index in [1.807, 2.05) is 19.1 Å². The second-order valence-electron chi connectivity index (χ2n) is 7.86. The third kappa shape index (κ3) is 4.20. The third-order valence-electron chi connectivity index (χ3n) is 5.56. The second-order valence-corrected chi connectivity index (χ2v) is 7.86. The number of amides is 1. The van der Waals surface area contributed by atoms with Crippen molar-refractivity contribution < 1.29 is 28.6 Å². The average molecular weight is 459 g/mol. The van der Waals surface area contributed by atoms with Crippen molar-refractivity contribution >= 4 is 29.1 Å². The van der Waals surface area contributed by atoms with Gasteiger partial charge in [-0.3, -0.25) is 14.5 Å². The number of ketones is 1. The van der Waals surface area contributed by atoms with Crippen LogP contribution in [0.25, 0.3) is 5.76 Å². The van der Waals surface area contributed by atoms with E-state index in [0.717, 1.165) is 17.7 Å². The first-order chi connectivity index (χ1) is 16.3. The van der Waals surface area contributed by atoms with E-state index in [2.05, 4.69) is 0 Å². The van der Waals surface area contributed by atoms with Gasteiger partial charge in [-0.25, -0.2) is 9.18 Å². The Morgan fingerprint density at radius 2 is 1.71 bits per heavy atom. The first-order valence-electron chi connectivity index (χ1n) is 10.7. The number of aryl methyl sites for hydroxylation is 1. The van der Waals surface area contributed by atoms with Crippen LogP contribution in [-0.4, -0.2) is 29.4 Å². The number of Topliss-reactive ketones (excluding diaryl/α,β-unsaturated/α-hetero) is 1. The van der Waals surface area contributed by atoms with Gasteiger partial charge >= 0.3 is 5.97 Å². The smallest absolute Gasteiger partial charge is 0.338 e. The number of nitrogens with zero attached hydrogens (tertiary/aromatic N) is 1. The van der Waals surface area contributed by atoms with Gasteiger partial charge in [0.05, 0.1) is 23.8 Å². The quantitative estimate of drug-likeness (QED) is 0.253. The molecule has 7 heteroatoms. The SMILES string of the molecule is CCOC(=O)c1cccc(N2C(=O)C(=O)/C(=C(/O)c3ccc(F)cc3)C2c2cccc(C)c2)c1. The third-order valence-corrected chi connectivity index (χ3v) is 5.56. The number of carbonyl (C=O) groups excluding carboxylic acids is 3. The van der Waals surface area contributed by atoms with Crippen molar-refractivity contribution in [2.75, 3.05) is 11.5 Å². The van der Waals surface area contributed by atoms with Gasteiger partial charge in [0.15, 0.2) is 0 Å². The fourth-order valence-electron chi connectivity index (χ4n) is 4.01. The summed E-state index contributed by atoms with van der Waals surface area (Å²) in [4.78, 5) is 39.9. The Labute approximate surface area is 195 Å². The molecule has 1 aliphatic rings. The summed E-state index contributed by atoms with van der Waals surface area (Å²) in [6, 6.07) is 17.5. The van der Waals surface area contributed by atoms with E-state index in [1.54, 1.807) is 37.3 Å². The molecule has 0 radical (unpaired) electrons. The van der Waals surface area contributed by atoms with Gasteiger partial charge in [0, 0.05) is 11.3 Å². The number of rotatable bonds is 5. The van der Waals surface area contributed by atoms with Crippen molar-refractivity contribution in [3.05, 3.63) is 106 Å². The van der Waals surface area contributed by atoms with Crippen molar-refractivity contribution in [2.45, 2.75) is 19.9 Å². The number of hydrogen-bond donors (Lipinski definition) is 1. The Balaban J connectivity index is 1.91. The largest absolute Gasteiger partial charge is 0.507 e. The maximum Gasteiger partial charge on any atom is 0.338 e. The number of halogens is 1. The van der Waals surface area contributed by atoms with Crippen LogP contribution in [0.5, 0.6) is 0 Å². The molecule has 0 bridgehead atoms. The van der Waals surface area contributed by atoms with Gasteiger partial charge in [-0.1, -0.05) is 35.9 Å². The van der Waals surface area contributed by atoms with E-state index in [0.29, 0.717) is 11.3 Å². The number of esters is 1. The number of carbonyl (C=O) groups is 3. The molecule has 3 aromatic carbocycles. The molecule has 1 unspecified atom stereocenters. The van der Waals surface area contributed by atoms with E-state index < -0.39 is 35.3 Å². The maximum absolute atomic E-state index is 13.4. The van der Waals surface area contributed by atoms with Crippen LogP contribution in [0.15, 0.2) is 78.4 Å². The average Bonchev–Trinajstić information content (AvgIpc) is 3.10. The van der Waals surface area contributed by atoms with Crippen LogP contribution >= 0.6 is 0 Å². The van der Waals surface area contributed by atoms with Crippen LogP contribution in [0.2, 0.25) is 0 Å². The topological polar surface area (TPSA) is 83.9 Å². The van der Waals surface area contributed by atoms with Crippen LogP contribution in [0.3, 0.4) is 0 Å². The van der Waals surface area contributed by atoms with Crippen molar-refractivity contribution in [2.24, 2.45) is 0 Å². The van der Waals surface area contributed by atoms with Gasteiger partial charge in [0.25, 0.3) is 11.7 Å². The van der Waals surface area contributed by atoms with Crippen LogP contribution in [-0.2, 0) is 14.3 Å². The number of aliphatic hydroxyl groups is 1.